The molecule has 0 saturated heterocycles. The van der Waals surface area contributed by atoms with Crippen molar-refractivity contribution < 1.29 is 17.9 Å². The first-order chi connectivity index (χ1) is 16.7. The van der Waals surface area contributed by atoms with Gasteiger partial charge in [0, 0.05) is 23.2 Å². The van der Waals surface area contributed by atoms with Crippen LogP contribution in [0.15, 0.2) is 48.8 Å². The number of benzene rings is 2. The first kappa shape index (κ1) is 22.2. The number of nitrogens with one attached hydrogen (secondary N) is 1. The molecule has 2 aromatic heterocycles. The van der Waals surface area contributed by atoms with E-state index in [2.05, 4.69) is 10.3 Å². The second-order valence-corrected chi connectivity index (χ2v) is 10.2. The zero-order valence-electron chi connectivity index (χ0n) is 19.7. The number of halogens is 3. The summed E-state index contributed by atoms with van der Waals surface area (Å²) in [5.74, 6) is 2.74. The van der Waals surface area contributed by atoms with Gasteiger partial charge in [0.05, 0.1) is 23.7 Å². The summed E-state index contributed by atoms with van der Waals surface area (Å²) in [5, 5.41) is 4.19. The molecule has 7 rings (SSSR count). The Balaban J connectivity index is 1.35. The molecule has 182 valence electrons. The van der Waals surface area contributed by atoms with Crippen molar-refractivity contribution in [2.45, 2.75) is 51.7 Å². The van der Waals surface area contributed by atoms with Crippen molar-refractivity contribution in [3.05, 3.63) is 65.5 Å². The zero-order valence-corrected chi connectivity index (χ0v) is 19.7. The highest BCUT2D eigenvalue weighted by atomic mass is 19.4. The summed E-state index contributed by atoms with van der Waals surface area (Å²) in [5.41, 5.74) is 1.40. The number of rotatable bonds is 6. The highest BCUT2D eigenvalue weighted by molar-refractivity contribution is 5.92. The predicted octanol–water partition coefficient (Wildman–Crippen LogP) is 6.95. The predicted molar refractivity (Wildman–Crippen MR) is 129 cm³/mol. The molecule has 0 unspecified atom stereocenters. The van der Waals surface area contributed by atoms with Gasteiger partial charge in [-0.05, 0) is 80.8 Å². The second-order valence-electron chi connectivity index (χ2n) is 10.2. The average molecular weight is 481 g/mol. The summed E-state index contributed by atoms with van der Waals surface area (Å²) in [7, 11) is 0. The van der Waals surface area contributed by atoms with Gasteiger partial charge >= 0.3 is 6.18 Å². The van der Waals surface area contributed by atoms with E-state index in [1.54, 1.807) is 12.3 Å². The molecule has 3 aliphatic carbocycles. The minimum Gasteiger partial charge on any atom is -0.493 e. The van der Waals surface area contributed by atoms with E-state index in [-0.39, 0.29) is 5.56 Å². The second kappa shape index (κ2) is 7.86. The van der Waals surface area contributed by atoms with Crippen LogP contribution in [0.3, 0.4) is 0 Å². The van der Waals surface area contributed by atoms with Crippen molar-refractivity contribution >= 4 is 22.5 Å². The topological polar surface area (TPSA) is 51.5 Å². The Morgan fingerprint density at radius 3 is 2.80 bits per heavy atom. The summed E-state index contributed by atoms with van der Waals surface area (Å²) in [6.45, 7) is 4.08. The van der Waals surface area contributed by atoms with Crippen LogP contribution >= 0.6 is 0 Å². The summed E-state index contributed by atoms with van der Waals surface area (Å²) in [6.07, 6.45) is 4.21. The van der Waals surface area contributed by atoms with Crippen LogP contribution in [-0.4, -0.2) is 21.0 Å². The van der Waals surface area contributed by atoms with E-state index >= 15 is 0 Å². The van der Waals surface area contributed by atoms with E-state index in [4.69, 9.17) is 9.72 Å². The summed E-state index contributed by atoms with van der Waals surface area (Å²) in [4.78, 5) is 9.02. The third-order valence-electron chi connectivity index (χ3n) is 7.89. The SMILES string of the molecule is Cc1c([C@@H](C)Nc2nc3nccn3c3ccc(OCC45CCC(C4)C5)cc23)cccc1C(F)(F)F. The Morgan fingerprint density at radius 2 is 2.06 bits per heavy atom. The third kappa shape index (κ3) is 3.79. The highest BCUT2D eigenvalue weighted by Gasteiger charge is 2.50. The molecule has 3 fully saturated rings. The molecule has 5 nitrogen and oxygen atoms in total. The first-order valence-electron chi connectivity index (χ1n) is 12.1. The summed E-state index contributed by atoms with van der Waals surface area (Å²) >= 11 is 0. The van der Waals surface area contributed by atoms with Crippen LogP contribution in [0.2, 0.25) is 0 Å². The van der Waals surface area contributed by atoms with E-state index in [1.807, 2.05) is 35.7 Å². The highest BCUT2D eigenvalue weighted by Crippen LogP contribution is 2.58. The van der Waals surface area contributed by atoms with Gasteiger partial charge in [-0.1, -0.05) is 12.1 Å². The number of fused-ring (bicyclic) bond motifs is 4. The Labute approximate surface area is 201 Å². The minimum absolute atomic E-state index is 0.213. The number of hydrogen-bond acceptors (Lipinski definition) is 4. The van der Waals surface area contributed by atoms with Crippen LogP contribution < -0.4 is 10.1 Å². The number of aromatic nitrogens is 3. The number of hydrogen-bond donors (Lipinski definition) is 1. The van der Waals surface area contributed by atoms with E-state index < -0.39 is 17.8 Å². The Morgan fingerprint density at radius 1 is 1.23 bits per heavy atom. The van der Waals surface area contributed by atoms with Crippen molar-refractivity contribution in [2.24, 2.45) is 11.3 Å². The summed E-state index contributed by atoms with van der Waals surface area (Å²) < 4.78 is 48.5. The molecule has 0 aliphatic heterocycles. The van der Waals surface area contributed by atoms with Gasteiger partial charge in [0.15, 0.2) is 0 Å². The fraction of sp³-hybridized carbons (Fsp3) is 0.407. The molecule has 2 aromatic carbocycles. The molecule has 8 heteroatoms. The van der Waals surface area contributed by atoms with Crippen LogP contribution in [0.5, 0.6) is 5.75 Å². The van der Waals surface area contributed by atoms with Crippen molar-refractivity contribution in [3.63, 3.8) is 0 Å². The largest absolute Gasteiger partial charge is 0.493 e. The molecule has 0 amide bonds. The van der Waals surface area contributed by atoms with Crippen LogP contribution in [0.4, 0.5) is 19.0 Å². The van der Waals surface area contributed by atoms with Gasteiger partial charge in [-0.15, -0.1) is 0 Å². The van der Waals surface area contributed by atoms with Gasteiger partial charge < -0.3 is 10.1 Å². The van der Waals surface area contributed by atoms with Gasteiger partial charge in [-0.3, -0.25) is 4.40 Å². The molecule has 2 heterocycles. The lowest BCUT2D eigenvalue weighted by Gasteiger charge is -2.38. The first-order valence-corrected chi connectivity index (χ1v) is 12.1. The molecule has 3 saturated carbocycles. The lowest BCUT2D eigenvalue weighted by molar-refractivity contribution is -0.138. The number of alkyl halides is 3. The Bertz CT molecular complexity index is 1420. The van der Waals surface area contributed by atoms with Gasteiger partial charge in [0.2, 0.25) is 5.78 Å². The normalized spacial score (nSPS) is 22.4. The smallest absolute Gasteiger partial charge is 0.416 e. The monoisotopic (exact) mass is 480 g/mol. The van der Waals surface area contributed by atoms with E-state index in [0.29, 0.717) is 22.6 Å². The van der Waals surface area contributed by atoms with E-state index in [9.17, 15) is 13.2 Å². The fourth-order valence-corrected chi connectivity index (χ4v) is 6.06. The molecule has 3 aliphatic rings. The lowest BCUT2D eigenvalue weighted by atomic mass is 9.70. The summed E-state index contributed by atoms with van der Waals surface area (Å²) in [6, 6.07) is 9.81. The standard InChI is InChI=1S/C27H27F3N4O/c1-16-20(4-3-5-22(16)27(28,29)30)17(2)32-24-21-12-19(35-15-26-9-8-18(13-26)14-26)6-7-23(21)34-11-10-31-25(34)33-24/h3-7,10-12,17-18H,8-9,13-15H2,1-2H3,(H,31,32,33)/t17-,18?,26?/m1/s1. The van der Waals surface area contributed by atoms with Gasteiger partial charge in [-0.2, -0.15) is 18.2 Å². The van der Waals surface area contributed by atoms with Gasteiger partial charge in [0.1, 0.15) is 11.6 Å². The molecular weight excluding hydrogens is 453 g/mol. The molecule has 4 aromatic rings. The average Bonchev–Trinajstić information content (AvgIpc) is 3.53. The number of imidazole rings is 1. The van der Waals surface area contributed by atoms with Crippen LogP contribution in [0.1, 0.15) is 55.3 Å². The third-order valence-corrected chi connectivity index (χ3v) is 7.89. The van der Waals surface area contributed by atoms with E-state index in [1.165, 1.54) is 38.7 Å². The lowest BCUT2D eigenvalue weighted by Crippen LogP contribution is -2.33. The minimum atomic E-state index is -4.40. The fourth-order valence-electron chi connectivity index (χ4n) is 6.06. The molecule has 2 bridgehead atoms. The van der Waals surface area contributed by atoms with Crippen molar-refractivity contribution in [1.82, 2.24) is 14.4 Å². The molecule has 35 heavy (non-hydrogen) atoms. The maximum atomic E-state index is 13.5. The zero-order chi connectivity index (χ0) is 24.4. The Kier molecular flexibility index (Phi) is 4.99. The molecule has 1 N–H and O–H groups in total. The molecular formula is C27H27F3N4O. The number of nitrogens with zero attached hydrogens (tertiary/aromatic N) is 3. The maximum Gasteiger partial charge on any atom is 0.416 e. The maximum absolute atomic E-state index is 13.5. The van der Waals surface area contributed by atoms with E-state index in [0.717, 1.165) is 35.2 Å². The molecule has 0 radical (unpaired) electrons. The van der Waals surface area contributed by atoms with Crippen molar-refractivity contribution in [1.29, 1.82) is 0 Å². The number of ether oxygens (including phenoxy) is 1. The van der Waals surface area contributed by atoms with Crippen LogP contribution in [0, 0.1) is 18.3 Å². The van der Waals surface area contributed by atoms with Crippen LogP contribution in [0.25, 0.3) is 16.7 Å². The Hall–Kier alpha value is -3.29. The van der Waals surface area contributed by atoms with Gasteiger partial charge in [-0.25, -0.2) is 4.98 Å². The molecule has 0 spiro atoms. The van der Waals surface area contributed by atoms with Crippen LogP contribution in [-0.2, 0) is 6.18 Å². The van der Waals surface area contributed by atoms with Crippen molar-refractivity contribution in [2.75, 3.05) is 11.9 Å². The number of anilines is 1. The van der Waals surface area contributed by atoms with Crippen molar-refractivity contribution in [3.8, 4) is 5.75 Å². The quantitative estimate of drug-likeness (QED) is 0.324. The van der Waals surface area contributed by atoms with Gasteiger partial charge in [0.25, 0.3) is 0 Å². The molecule has 1 atom stereocenters.